The number of carbonyl (C=O) groups excluding carboxylic acids is 1. The molecule has 0 aliphatic rings. The molecular weight excluding hydrogens is 308 g/mol. The minimum atomic E-state index is -0.346. The third-order valence-corrected chi connectivity index (χ3v) is 3.36. The molecule has 0 fully saturated rings. The van der Waals surface area contributed by atoms with Crippen molar-refractivity contribution in [2.45, 2.75) is 13.8 Å². The summed E-state index contributed by atoms with van der Waals surface area (Å²) in [5.41, 5.74) is 11.7. The van der Waals surface area contributed by atoms with Crippen LogP contribution in [-0.2, 0) is 4.79 Å². The van der Waals surface area contributed by atoms with E-state index in [4.69, 9.17) is 10.5 Å². The number of nitrogens with zero attached hydrogens (tertiary/aromatic N) is 3. The first-order chi connectivity index (χ1) is 11.7. The zero-order chi connectivity index (χ0) is 17.4. The number of nitrogens with one attached hydrogen (secondary N) is 2. The summed E-state index contributed by atoms with van der Waals surface area (Å²) in [6.45, 7) is 5.45. The predicted octanol–water partition coefficient (Wildman–Crippen LogP) is 1.43. The van der Waals surface area contributed by atoms with E-state index in [-0.39, 0.29) is 12.5 Å². The second kappa shape index (κ2) is 8.56. The summed E-state index contributed by atoms with van der Waals surface area (Å²) in [6, 6.07) is 9.10. The zero-order valence-electron chi connectivity index (χ0n) is 13.8. The first kappa shape index (κ1) is 17.3. The summed E-state index contributed by atoms with van der Waals surface area (Å²) in [6.07, 6.45) is 1.40. The van der Waals surface area contributed by atoms with Gasteiger partial charge in [0.15, 0.2) is 18.2 Å². The number of anilines is 3. The highest BCUT2D eigenvalue weighted by Crippen LogP contribution is 2.25. The Morgan fingerprint density at radius 2 is 1.92 bits per heavy atom. The van der Waals surface area contributed by atoms with Gasteiger partial charge in [0.2, 0.25) is 0 Å². The maximum absolute atomic E-state index is 11.8. The first-order valence-electron chi connectivity index (χ1n) is 7.73. The van der Waals surface area contributed by atoms with E-state index in [1.165, 1.54) is 6.33 Å². The predicted molar refractivity (Wildman–Crippen MR) is 93.7 cm³/mol. The lowest BCUT2D eigenvalue weighted by Crippen LogP contribution is -2.34. The van der Waals surface area contributed by atoms with Crippen molar-refractivity contribution in [3.63, 3.8) is 0 Å². The number of nitrogen functional groups attached to an aromatic ring is 1. The van der Waals surface area contributed by atoms with Gasteiger partial charge in [0, 0.05) is 13.1 Å². The molecule has 0 unspecified atom stereocenters. The molecule has 0 saturated heterocycles. The van der Waals surface area contributed by atoms with Crippen molar-refractivity contribution in [1.82, 2.24) is 15.4 Å². The third-order valence-electron chi connectivity index (χ3n) is 3.36. The molecule has 1 aromatic heterocycles. The Balaban J connectivity index is 1.92. The average Bonchev–Trinajstić information content (AvgIpc) is 2.62. The van der Waals surface area contributed by atoms with E-state index in [9.17, 15) is 4.79 Å². The number of benzene rings is 1. The summed E-state index contributed by atoms with van der Waals surface area (Å²) in [5, 5.41) is 0. The van der Waals surface area contributed by atoms with E-state index in [2.05, 4.69) is 20.8 Å². The van der Waals surface area contributed by atoms with Gasteiger partial charge in [-0.05, 0) is 26.0 Å². The van der Waals surface area contributed by atoms with Gasteiger partial charge in [0.1, 0.15) is 17.8 Å². The van der Waals surface area contributed by atoms with Crippen molar-refractivity contribution in [2.24, 2.45) is 0 Å². The van der Waals surface area contributed by atoms with Crippen molar-refractivity contribution < 1.29 is 9.53 Å². The molecule has 0 saturated carbocycles. The molecule has 0 radical (unpaired) electrons. The Morgan fingerprint density at radius 3 is 2.58 bits per heavy atom. The van der Waals surface area contributed by atoms with Crippen LogP contribution in [0.4, 0.5) is 17.3 Å². The van der Waals surface area contributed by atoms with E-state index in [0.29, 0.717) is 23.1 Å². The van der Waals surface area contributed by atoms with Crippen molar-refractivity contribution >= 4 is 23.2 Å². The number of aromatic nitrogens is 2. The summed E-state index contributed by atoms with van der Waals surface area (Å²) in [5.74, 6) is 1.26. The van der Waals surface area contributed by atoms with Crippen LogP contribution in [0.2, 0.25) is 0 Å². The Bertz CT molecular complexity index is 661. The largest absolute Gasteiger partial charge is 0.484 e. The van der Waals surface area contributed by atoms with Gasteiger partial charge < -0.3 is 15.4 Å². The van der Waals surface area contributed by atoms with Gasteiger partial charge >= 0.3 is 0 Å². The monoisotopic (exact) mass is 330 g/mol. The zero-order valence-corrected chi connectivity index (χ0v) is 13.8. The van der Waals surface area contributed by atoms with Gasteiger partial charge in [-0.15, -0.1) is 0 Å². The van der Waals surface area contributed by atoms with Crippen molar-refractivity contribution in [1.29, 1.82) is 0 Å². The molecule has 1 aromatic carbocycles. The molecule has 8 nitrogen and oxygen atoms in total. The quantitative estimate of drug-likeness (QED) is 0.629. The second-order valence-electron chi connectivity index (χ2n) is 4.91. The van der Waals surface area contributed by atoms with Crippen molar-refractivity contribution in [3.05, 3.63) is 36.7 Å². The number of ether oxygens (including phenoxy) is 1. The fourth-order valence-electron chi connectivity index (χ4n) is 2.09. The molecule has 0 spiro atoms. The van der Waals surface area contributed by atoms with Gasteiger partial charge in [-0.3, -0.25) is 15.6 Å². The van der Waals surface area contributed by atoms with Crippen LogP contribution in [0.5, 0.6) is 5.75 Å². The number of hydrogen-bond donors (Lipinski definition) is 3. The molecule has 0 aliphatic carbocycles. The van der Waals surface area contributed by atoms with Crippen LogP contribution in [0.3, 0.4) is 0 Å². The highest BCUT2D eigenvalue weighted by Gasteiger charge is 2.13. The number of para-hydroxylation sites is 1. The number of rotatable bonds is 8. The van der Waals surface area contributed by atoms with Gasteiger partial charge in [0.25, 0.3) is 5.91 Å². The molecule has 0 aliphatic heterocycles. The molecule has 24 heavy (non-hydrogen) atoms. The smallest absolute Gasteiger partial charge is 0.276 e. The van der Waals surface area contributed by atoms with Crippen LogP contribution in [0.25, 0.3) is 0 Å². The van der Waals surface area contributed by atoms with Crippen LogP contribution >= 0.6 is 0 Å². The average molecular weight is 330 g/mol. The fraction of sp³-hybridized carbons (Fsp3) is 0.312. The first-order valence-corrected chi connectivity index (χ1v) is 7.73. The Kier molecular flexibility index (Phi) is 6.18. The number of hydrogen-bond acceptors (Lipinski definition) is 7. The van der Waals surface area contributed by atoms with Gasteiger partial charge in [0.05, 0.1) is 0 Å². The van der Waals surface area contributed by atoms with Gasteiger partial charge in [-0.1, -0.05) is 18.2 Å². The minimum Gasteiger partial charge on any atom is -0.484 e. The van der Waals surface area contributed by atoms with E-state index in [1.807, 2.05) is 36.9 Å². The Morgan fingerprint density at radius 1 is 1.21 bits per heavy atom. The Hall–Kier alpha value is -3.03. The molecule has 1 heterocycles. The molecule has 8 heteroatoms. The Labute approximate surface area is 141 Å². The van der Waals surface area contributed by atoms with Gasteiger partial charge in [-0.25, -0.2) is 9.97 Å². The second-order valence-corrected chi connectivity index (χ2v) is 4.91. The molecule has 4 N–H and O–H groups in total. The molecule has 2 aromatic rings. The minimum absolute atomic E-state index is 0.120. The summed E-state index contributed by atoms with van der Waals surface area (Å²) in [4.78, 5) is 22.1. The number of hydrazine groups is 1. The van der Waals surface area contributed by atoms with E-state index >= 15 is 0 Å². The molecule has 1 amide bonds. The molecule has 128 valence electrons. The van der Waals surface area contributed by atoms with Crippen LogP contribution in [0, 0.1) is 0 Å². The van der Waals surface area contributed by atoms with Crippen LogP contribution in [0.1, 0.15) is 13.8 Å². The van der Waals surface area contributed by atoms with E-state index < -0.39 is 0 Å². The summed E-state index contributed by atoms with van der Waals surface area (Å²) in [7, 11) is 0. The lowest BCUT2D eigenvalue weighted by Gasteiger charge is -2.22. The van der Waals surface area contributed by atoms with Crippen molar-refractivity contribution in [3.8, 4) is 5.75 Å². The van der Waals surface area contributed by atoms with E-state index in [1.54, 1.807) is 12.1 Å². The molecule has 0 bridgehead atoms. The van der Waals surface area contributed by atoms with Gasteiger partial charge in [-0.2, -0.15) is 0 Å². The third kappa shape index (κ3) is 4.48. The van der Waals surface area contributed by atoms with E-state index in [0.717, 1.165) is 13.1 Å². The standard InChI is InChI=1S/C16H22N6O2/c1-3-22(4-2)16-14(17)15(18-11-19-16)21-20-13(23)10-24-12-8-6-5-7-9-12/h5-9,11H,3-4,10,17H2,1-2H3,(H,20,23)(H,18,19,21). The van der Waals surface area contributed by atoms with Crippen LogP contribution in [0.15, 0.2) is 36.7 Å². The highest BCUT2D eigenvalue weighted by atomic mass is 16.5. The van der Waals surface area contributed by atoms with Crippen LogP contribution < -0.4 is 26.2 Å². The molecule has 2 rings (SSSR count). The molecule has 0 atom stereocenters. The maximum Gasteiger partial charge on any atom is 0.276 e. The summed E-state index contributed by atoms with van der Waals surface area (Å²) >= 11 is 0. The number of carbonyl (C=O) groups is 1. The lowest BCUT2D eigenvalue weighted by atomic mass is 10.3. The highest BCUT2D eigenvalue weighted by molar-refractivity contribution is 5.81. The van der Waals surface area contributed by atoms with Crippen LogP contribution in [-0.4, -0.2) is 35.6 Å². The SMILES string of the molecule is CCN(CC)c1ncnc(NNC(=O)COc2ccccc2)c1N. The van der Waals surface area contributed by atoms with Crippen molar-refractivity contribution in [2.75, 3.05) is 35.8 Å². The molecular formula is C16H22N6O2. The maximum atomic E-state index is 11.8. The lowest BCUT2D eigenvalue weighted by molar-refractivity contribution is -0.122. The number of amides is 1. The topological polar surface area (TPSA) is 105 Å². The fourth-order valence-corrected chi connectivity index (χ4v) is 2.09. The number of nitrogens with two attached hydrogens (primary N) is 1. The normalized spacial score (nSPS) is 10.1. The summed E-state index contributed by atoms with van der Waals surface area (Å²) < 4.78 is 5.36.